The molecule has 1 saturated carbocycles. The fourth-order valence-corrected chi connectivity index (χ4v) is 1.96. The third kappa shape index (κ3) is 1.70. The zero-order chi connectivity index (χ0) is 9.64. The molecule has 1 fully saturated rings. The van der Waals surface area contributed by atoms with E-state index in [4.69, 9.17) is 12.2 Å². The molecule has 13 heavy (non-hydrogen) atoms. The Hall–Kier alpha value is -0.570. The molecule has 0 aromatic carbocycles. The van der Waals surface area contributed by atoms with Crippen molar-refractivity contribution in [2.75, 3.05) is 0 Å². The van der Waals surface area contributed by atoms with Gasteiger partial charge in [-0.15, -0.1) is 0 Å². The number of nitrogens with zero attached hydrogens (tertiary/aromatic N) is 1. The zero-order valence-corrected chi connectivity index (χ0v) is 9.24. The Morgan fingerprint density at radius 3 is 2.46 bits per heavy atom. The molecule has 2 nitrogen and oxygen atoms in total. The largest absolute Gasteiger partial charge is 0.301 e. The van der Waals surface area contributed by atoms with E-state index in [1.807, 2.05) is 0 Å². The molecule has 0 atom stereocenters. The van der Waals surface area contributed by atoms with Crippen LogP contribution in [0.4, 0.5) is 0 Å². The number of aromatic nitrogens is 2. The fraction of sp³-hybridized carbons (Fsp3) is 0.700. The molecular formula is C10H16N2S. The molecule has 72 valence electrons. The third-order valence-corrected chi connectivity index (χ3v) is 2.73. The molecule has 2 rings (SSSR count). The van der Waals surface area contributed by atoms with E-state index >= 15 is 0 Å². The summed E-state index contributed by atoms with van der Waals surface area (Å²) in [5.74, 6) is 0.755. The SMILES string of the molecule is CC(C)(C)n1[nH]c(C2CC2)cc1=S. The minimum Gasteiger partial charge on any atom is -0.301 e. The summed E-state index contributed by atoms with van der Waals surface area (Å²) in [5, 5.41) is 3.40. The molecule has 1 N–H and O–H groups in total. The smallest absolute Gasteiger partial charge is 0.122 e. The Morgan fingerprint density at radius 1 is 1.46 bits per heavy atom. The first kappa shape index (κ1) is 9.00. The molecule has 0 aliphatic heterocycles. The molecule has 1 aliphatic carbocycles. The van der Waals surface area contributed by atoms with Gasteiger partial charge >= 0.3 is 0 Å². The van der Waals surface area contributed by atoms with Gasteiger partial charge in [0.1, 0.15) is 4.64 Å². The van der Waals surface area contributed by atoms with Crippen molar-refractivity contribution in [3.8, 4) is 0 Å². The first-order valence-corrected chi connectivity index (χ1v) is 5.22. The van der Waals surface area contributed by atoms with Crippen molar-refractivity contribution in [3.63, 3.8) is 0 Å². The molecule has 1 aliphatic rings. The topological polar surface area (TPSA) is 20.7 Å². The monoisotopic (exact) mass is 196 g/mol. The lowest BCUT2D eigenvalue weighted by Gasteiger charge is -2.20. The van der Waals surface area contributed by atoms with E-state index in [1.165, 1.54) is 18.5 Å². The normalized spacial score (nSPS) is 17.8. The van der Waals surface area contributed by atoms with Gasteiger partial charge in [-0.2, -0.15) is 0 Å². The summed E-state index contributed by atoms with van der Waals surface area (Å²) in [6.45, 7) is 6.49. The molecule has 1 aromatic heterocycles. The summed E-state index contributed by atoms with van der Waals surface area (Å²) >= 11 is 5.30. The van der Waals surface area contributed by atoms with E-state index in [2.05, 4.69) is 36.6 Å². The van der Waals surface area contributed by atoms with Gasteiger partial charge in [0.15, 0.2) is 0 Å². The number of aromatic amines is 1. The van der Waals surface area contributed by atoms with E-state index in [0.29, 0.717) is 0 Å². The maximum Gasteiger partial charge on any atom is 0.122 e. The van der Waals surface area contributed by atoms with Crippen molar-refractivity contribution in [1.82, 2.24) is 9.78 Å². The van der Waals surface area contributed by atoms with Crippen LogP contribution in [-0.2, 0) is 5.54 Å². The minimum absolute atomic E-state index is 0.0736. The van der Waals surface area contributed by atoms with E-state index in [9.17, 15) is 0 Å². The summed E-state index contributed by atoms with van der Waals surface area (Å²) in [6.07, 6.45) is 2.64. The minimum atomic E-state index is 0.0736. The van der Waals surface area contributed by atoms with Crippen LogP contribution in [0.15, 0.2) is 6.07 Å². The zero-order valence-electron chi connectivity index (χ0n) is 8.42. The molecule has 0 unspecified atom stereocenters. The quantitative estimate of drug-likeness (QED) is 0.684. The van der Waals surface area contributed by atoms with E-state index < -0.39 is 0 Å². The highest BCUT2D eigenvalue weighted by atomic mass is 32.1. The second-order valence-electron chi connectivity index (χ2n) is 4.83. The summed E-state index contributed by atoms with van der Waals surface area (Å²) in [4.78, 5) is 0. The van der Waals surface area contributed by atoms with Crippen LogP contribution >= 0.6 is 12.2 Å². The fourth-order valence-electron chi connectivity index (χ4n) is 1.52. The van der Waals surface area contributed by atoms with Crippen molar-refractivity contribution in [2.24, 2.45) is 0 Å². The third-order valence-electron chi connectivity index (χ3n) is 2.43. The van der Waals surface area contributed by atoms with Crippen molar-refractivity contribution in [2.45, 2.75) is 45.1 Å². The Morgan fingerprint density at radius 2 is 2.08 bits per heavy atom. The van der Waals surface area contributed by atoms with E-state index in [0.717, 1.165) is 10.6 Å². The van der Waals surface area contributed by atoms with Gasteiger partial charge in [-0.1, -0.05) is 12.2 Å². The maximum atomic E-state index is 5.30. The summed E-state index contributed by atoms with van der Waals surface area (Å²) in [5.41, 5.74) is 1.39. The molecule has 0 amide bonds. The summed E-state index contributed by atoms with van der Waals surface area (Å²) in [6, 6.07) is 2.11. The molecule has 0 bridgehead atoms. The average molecular weight is 196 g/mol. The van der Waals surface area contributed by atoms with Gasteiger partial charge in [0.2, 0.25) is 0 Å². The second kappa shape index (κ2) is 2.71. The number of H-pyrrole nitrogens is 1. The van der Waals surface area contributed by atoms with Crippen molar-refractivity contribution >= 4 is 12.2 Å². The van der Waals surface area contributed by atoms with Crippen LogP contribution < -0.4 is 0 Å². The standard InChI is InChI=1S/C10H16N2S/c1-10(2,3)12-9(13)6-8(11-12)7-4-5-7/h6-7,11H,4-5H2,1-3H3. The number of hydrogen-bond donors (Lipinski definition) is 1. The lowest BCUT2D eigenvalue weighted by atomic mass is 10.1. The molecule has 1 aromatic rings. The predicted molar refractivity (Wildman–Crippen MR) is 56.6 cm³/mol. The van der Waals surface area contributed by atoms with Crippen molar-refractivity contribution < 1.29 is 0 Å². The van der Waals surface area contributed by atoms with E-state index in [-0.39, 0.29) is 5.54 Å². The number of nitrogens with one attached hydrogen (secondary N) is 1. The number of hydrogen-bond acceptors (Lipinski definition) is 1. The Balaban J connectivity index is 2.41. The van der Waals surface area contributed by atoms with Gasteiger partial charge in [0.25, 0.3) is 0 Å². The van der Waals surface area contributed by atoms with Gasteiger partial charge in [0, 0.05) is 11.6 Å². The maximum absolute atomic E-state index is 5.30. The summed E-state index contributed by atoms with van der Waals surface area (Å²) in [7, 11) is 0. The first-order valence-electron chi connectivity index (χ1n) is 4.81. The van der Waals surface area contributed by atoms with Gasteiger partial charge in [-0.05, 0) is 39.7 Å². The first-order chi connectivity index (χ1) is 5.98. The molecule has 3 heteroatoms. The average Bonchev–Trinajstić information content (AvgIpc) is 2.73. The van der Waals surface area contributed by atoms with Crippen LogP contribution in [0.1, 0.15) is 45.2 Å². The lowest BCUT2D eigenvalue weighted by Crippen LogP contribution is -2.23. The van der Waals surface area contributed by atoms with Crippen LogP contribution in [0.25, 0.3) is 0 Å². The molecule has 1 heterocycles. The van der Waals surface area contributed by atoms with Gasteiger partial charge in [-0.25, -0.2) is 0 Å². The van der Waals surface area contributed by atoms with Gasteiger partial charge in [0.05, 0.1) is 5.54 Å². The Bertz CT molecular complexity index is 363. The highest BCUT2D eigenvalue weighted by Gasteiger charge is 2.26. The summed E-state index contributed by atoms with van der Waals surface area (Å²) < 4.78 is 3.00. The molecular weight excluding hydrogens is 180 g/mol. The van der Waals surface area contributed by atoms with Crippen molar-refractivity contribution in [1.29, 1.82) is 0 Å². The predicted octanol–water partition coefficient (Wildman–Crippen LogP) is 3.18. The van der Waals surface area contributed by atoms with Crippen LogP contribution in [0, 0.1) is 4.64 Å². The molecule has 0 radical (unpaired) electrons. The lowest BCUT2D eigenvalue weighted by molar-refractivity contribution is 0.349. The van der Waals surface area contributed by atoms with Crippen molar-refractivity contribution in [3.05, 3.63) is 16.4 Å². The second-order valence-corrected chi connectivity index (χ2v) is 5.25. The molecule has 0 saturated heterocycles. The Kier molecular flexibility index (Phi) is 1.88. The number of rotatable bonds is 1. The van der Waals surface area contributed by atoms with Crippen LogP contribution in [0.5, 0.6) is 0 Å². The van der Waals surface area contributed by atoms with Gasteiger partial charge < -0.3 is 5.10 Å². The highest BCUT2D eigenvalue weighted by molar-refractivity contribution is 7.71. The Labute approximate surface area is 83.9 Å². The van der Waals surface area contributed by atoms with Crippen LogP contribution in [0.3, 0.4) is 0 Å². The highest BCUT2D eigenvalue weighted by Crippen LogP contribution is 2.39. The molecule has 0 spiro atoms. The van der Waals surface area contributed by atoms with E-state index in [1.54, 1.807) is 0 Å². The van der Waals surface area contributed by atoms with Crippen LogP contribution in [-0.4, -0.2) is 9.78 Å². The van der Waals surface area contributed by atoms with Gasteiger partial charge in [-0.3, -0.25) is 4.68 Å². The van der Waals surface area contributed by atoms with Crippen LogP contribution in [0.2, 0.25) is 0 Å².